The van der Waals surface area contributed by atoms with Crippen LogP contribution in [0.15, 0.2) is 42.6 Å². The minimum absolute atomic E-state index is 0.0461. The maximum Gasteiger partial charge on any atom is 0.252 e. The van der Waals surface area contributed by atoms with Crippen LogP contribution < -0.4 is 10.2 Å². The Hall–Kier alpha value is -2.77. The van der Waals surface area contributed by atoms with Crippen molar-refractivity contribution in [1.29, 1.82) is 0 Å². The Balaban J connectivity index is 1.32. The first-order valence-electron chi connectivity index (χ1n) is 10.5. The Morgan fingerprint density at radius 1 is 1.13 bits per heavy atom. The summed E-state index contributed by atoms with van der Waals surface area (Å²) in [5, 5.41) is 3.10. The lowest BCUT2D eigenvalue weighted by Crippen LogP contribution is -2.47. The summed E-state index contributed by atoms with van der Waals surface area (Å²) in [6.45, 7) is 7.13. The van der Waals surface area contributed by atoms with Gasteiger partial charge in [0, 0.05) is 44.5 Å². The number of carbonyl (C=O) groups excluding carboxylic acids is 2. The fourth-order valence-corrected chi connectivity index (χ4v) is 4.83. The average molecular weight is 406 g/mol. The highest BCUT2D eigenvalue weighted by Gasteiger charge is 2.51. The van der Waals surface area contributed by atoms with Crippen LogP contribution in [0.2, 0.25) is 0 Å². The molecule has 4 heterocycles. The van der Waals surface area contributed by atoms with E-state index in [9.17, 15) is 9.59 Å². The molecule has 2 fully saturated rings. The number of nitrogens with one attached hydrogen (secondary N) is 1. The van der Waals surface area contributed by atoms with E-state index in [2.05, 4.69) is 32.2 Å². The van der Waals surface area contributed by atoms with E-state index < -0.39 is 5.41 Å². The number of hydrogen-bond acceptors (Lipinski definition) is 6. The number of benzene rings is 1. The van der Waals surface area contributed by atoms with Crippen LogP contribution in [0.5, 0.6) is 0 Å². The first-order chi connectivity index (χ1) is 14.5. The molecule has 7 nitrogen and oxygen atoms in total. The third-order valence-corrected chi connectivity index (χ3v) is 6.55. The molecule has 2 saturated heterocycles. The lowest BCUT2D eigenvalue weighted by molar-refractivity contribution is 0.0789. The lowest BCUT2D eigenvalue weighted by atomic mass is 9.78. The van der Waals surface area contributed by atoms with Crippen molar-refractivity contribution in [3.05, 3.63) is 59.3 Å². The van der Waals surface area contributed by atoms with Crippen molar-refractivity contribution in [3.8, 4) is 0 Å². The first kappa shape index (κ1) is 19.2. The Labute approximate surface area is 176 Å². The van der Waals surface area contributed by atoms with Gasteiger partial charge in [0.2, 0.25) is 0 Å². The summed E-state index contributed by atoms with van der Waals surface area (Å²) in [6, 6.07) is 11.1. The summed E-state index contributed by atoms with van der Waals surface area (Å²) in [7, 11) is 0. The number of nitrogens with zero attached hydrogens (tertiary/aromatic N) is 3. The summed E-state index contributed by atoms with van der Waals surface area (Å²) in [5.74, 6) is 0.857. The van der Waals surface area contributed by atoms with Crippen LogP contribution >= 0.6 is 0 Å². The molecule has 7 heteroatoms. The Bertz CT molecular complexity index is 971. The maximum absolute atomic E-state index is 13.4. The molecule has 1 amide bonds. The molecule has 5 rings (SSSR count). The smallest absolute Gasteiger partial charge is 0.252 e. The number of anilines is 1. The van der Waals surface area contributed by atoms with Crippen LogP contribution in [0.3, 0.4) is 0 Å². The second-order valence-corrected chi connectivity index (χ2v) is 8.61. The highest BCUT2D eigenvalue weighted by molar-refractivity contribution is 6.12. The molecule has 3 aliphatic rings. The molecule has 0 aliphatic carbocycles. The summed E-state index contributed by atoms with van der Waals surface area (Å²) in [4.78, 5) is 35.1. The number of ketones is 1. The number of Topliss-reactive ketones (excluding diaryl/α,β-unsaturated/α-hetero) is 1. The van der Waals surface area contributed by atoms with Crippen molar-refractivity contribution < 1.29 is 14.3 Å². The number of ether oxygens (including phenoxy) is 1. The molecule has 156 valence electrons. The molecule has 1 aromatic carbocycles. The molecular formula is C23H26N4O3. The average Bonchev–Trinajstić information content (AvgIpc) is 3.06. The molecule has 0 spiro atoms. The van der Waals surface area contributed by atoms with E-state index in [4.69, 9.17) is 4.74 Å². The number of rotatable bonds is 3. The van der Waals surface area contributed by atoms with Gasteiger partial charge in [-0.25, -0.2) is 4.98 Å². The van der Waals surface area contributed by atoms with Crippen molar-refractivity contribution in [3.63, 3.8) is 0 Å². The number of aromatic nitrogens is 1. The van der Waals surface area contributed by atoms with Gasteiger partial charge < -0.3 is 15.0 Å². The van der Waals surface area contributed by atoms with E-state index in [-0.39, 0.29) is 17.7 Å². The minimum atomic E-state index is -0.635. The van der Waals surface area contributed by atoms with Crippen molar-refractivity contribution in [2.24, 2.45) is 5.41 Å². The molecule has 2 aromatic rings. The van der Waals surface area contributed by atoms with E-state index >= 15 is 0 Å². The number of amides is 1. The van der Waals surface area contributed by atoms with Gasteiger partial charge in [0.05, 0.1) is 30.2 Å². The highest BCUT2D eigenvalue weighted by atomic mass is 16.5. The van der Waals surface area contributed by atoms with Gasteiger partial charge in [0.1, 0.15) is 5.82 Å². The zero-order valence-corrected chi connectivity index (χ0v) is 17.1. The van der Waals surface area contributed by atoms with Crippen molar-refractivity contribution in [1.82, 2.24) is 15.2 Å². The van der Waals surface area contributed by atoms with E-state index in [0.717, 1.165) is 37.7 Å². The second kappa shape index (κ2) is 7.49. The highest BCUT2D eigenvalue weighted by Crippen LogP contribution is 2.37. The molecule has 0 radical (unpaired) electrons. The number of carbonyl (C=O) groups is 2. The largest absolute Gasteiger partial charge is 0.378 e. The molecule has 1 N–H and O–H groups in total. The molecular weight excluding hydrogens is 380 g/mol. The fourth-order valence-electron chi connectivity index (χ4n) is 4.83. The van der Waals surface area contributed by atoms with Crippen LogP contribution in [0.25, 0.3) is 0 Å². The quantitative estimate of drug-likeness (QED) is 0.837. The molecule has 0 bridgehead atoms. The van der Waals surface area contributed by atoms with Gasteiger partial charge >= 0.3 is 0 Å². The van der Waals surface area contributed by atoms with Gasteiger partial charge in [-0.15, -0.1) is 0 Å². The van der Waals surface area contributed by atoms with Gasteiger partial charge in [0.25, 0.3) is 5.91 Å². The Kier molecular flexibility index (Phi) is 4.79. The van der Waals surface area contributed by atoms with Crippen LogP contribution in [-0.2, 0) is 11.3 Å². The van der Waals surface area contributed by atoms with Gasteiger partial charge in [0.15, 0.2) is 5.78 Å². The summed E-state index contributed by atoms with van der Waals surface area (Å²) >= 11 is 0. The van der Waals surface area contributed by atoms with E-state index in [1.54, 1.807) is 18.2 Å². The molecule has 2 atom stereocenters. The van der Waals surface area contributed by atoms with Crippen LogP contribution in [-0.4, -0.2) is 67.0 Å². The van der Waals surface area contributed by atoms with Gasteiger partial charge in [-0.3, -0.25) is 14.5 Å². The maximum atomic E-state index is 13.4. The topological polar surface area (TPSA) is 74.8 Å². The number of pyridine rings is 1. The van der Waals surface area contributed by atoms with Crippen molar-refractivity contribution in [2.45, 2.75) is 19.5 Å². The second-order valence-electron chi connectivity index (χ2n) is 8.61. The number of hydrogen-bond donors (Lipinski definition) is 1. The van der Waals surface area contributed by atoms with E-state index in [0.29, 0.717) is 30.8 Å². The van der Waals surface area contributed by atoms with Gasteiger partial charge in [-0.05, 0) is 24.6 Å². The van der Waals surface area contributed by atoms with Crippen molar-refractivity contribution >= 4 is 17.5 Å². The number of likely N-dealkylation sites (tertiary alicyclic amines) is 1. The number of fused-ring (bicyclic) bond motifs is 2. The van der Waals surface area contributed by atoms with Gasteiger partial charge in [-0.1, -0.05) is 24.3 Å². The third-order valence-electron chi connectivity index (χ3n) is 6.55. The SMILES string of the molecule is C[C@]12CN(Cc3ccc(N4CCOCC4)nc3)C[C@H]1NC(=O)c1ccccc1C2=O. The van der Waals surface area contributed by atoms with Crippen LogP contribution in [0, 0.1) is 5.41 Å². The normalized spacial score (nSPS) is 26.7. The van der Waals surface area contributed by atoms with Crippen molar-refractivity contribution in [2.75, 3.05) is 44.3 Å². The number of morpholine rings is 1. The molecule has 3 aliphatic heterocycles. The first-order valence-corrected chi connectivity index (χ1v) is 10.5. The standard InChI is InChI=1S/C23H26N4O3/c1-23-15-26(13-16-6-7-20(24-12-16)27-8-10-30-11-9-27)14-19(23)25-22(29)18-5-3-2-4-17(18)21(23)28/h2-7,12,19H,8-11,13-15H2,1H3,(H,25,29)/t19-,23+/m1/s1. The minimum Gasteiger partial charge on any atom is -0.378 e. The van der Waals surface area contributed by atoms with E-state index in [1.807, 2.05) is 19.2 Å². The summed E-state index contributed by atoms with van der Waals surface area (Å²) < 4.78 is 5.40. The van der Waals surface area contributed by atoms with E-state index in [1.165, 1.54) is 0 Å². The molecule has 1 aromatic heterocycles. The summed E-state index contributed by atoms with van der Waals surface area (Å²) in [5.41, 5.74) is 1.47. The zero-order valence-electron chi connectivity index (χ0n) is 17.1. The molecule has 0 saturated carbocycles. The Morgan fingerprint density at radius 3 is 2.63 bits per heavy atom. The monoisotopic (exact) mass is 406 g/mol. The predicted octanol–water partition coefficient (Wildman–Crippen LogP) is 1.73. The fraction of sp³-hybridized carbons (Fsp3) is 0.435. The summed E-state index contributed by atoms with van der Waals surface area (Å²) in [6.07, 6.45) is 1.91. The third kappa shape index (κ3) is 3.28. The zero-order chi connectivity index (χ0) is 20.7. The Morgan fingerprint density at radius 2 is 1.90 bits per heavy atom. The van der Waals surface area contributed by atoms with Crippen LogP contribution in [0.4, 0.5) is 5.82 Å². The molecule has 30 heavy (non-hydrogen) atoms. The predicted molar refractivity (Wildman–Crippen MR) is 113 cm³/mol. The van der Waals surface area contributed by atoms with Crippen LogP contribution in [0.1, 0.15) is 33.2 Å². The van der Waals surface area contributed by atoms with Gasteiger partial charge in [-0.2, -0.15) is 0 Å². The molecule has 0 unspecified atom stereocenters. The lowest BCUT2D eigenvalue weighted by Gasteiger charge is -2.28.